The third-order valence-electron chi connectivity index (χ3n) is 8.94. The number of rotatable bonds is 36. The first kappa shape index (κ1) is 43.9. The zero-order valence-corrected chi connectivity index (χ0v) is 31.3. The molecule has 0 amide bonds. The van der Waals surface area contributed by atoms with Crippen molar-refractivity contribution in [2.75, 3.05) is 27.2 Å². The highest BCUT2D eigenvalue weighted by Gasteiger charge is 2.09. The number of ether oxygens (including phenoxy) is 1. The third-order valence-corrected chi connectivity index (χ3v) is 8.94. The van der Waals surface area contributed by atoms with Crippen LogP contribution in [0, 0.1) is 0 Å². The Morgan fingerprint density at radius 1 is 0.533 bits per heavy atom. The molecule has 0 aromatic rings. The molecule has 0 spiro atoms. The minimum atomic E-state index is 0.478. The molecule has 0 aromatic heterocycles. The van der Waals surface area contributed by atoms with Crippen LogP contribution in [0.25, 0.3) is 0 Å². The Kier molecular flexibility index (Phi) is 36.4. The normalized spacial score (nSPS) is 12.9. The molecule has 0 aromatic carbocycles. The van der Waals surface area contributed by atoms with Crippen molar-refractivity contribution in [3.8, 4) is 0 Å². The van der Waals surface area contributed by atoms with Crippen molar-refractivity contribution in [3.05, 3.63) is 48.6 Å². The van der Waals surface area contributed by atoms with E-state index in [9.17, 15) is 0 Å². The molecule has 0 fully saturated rings. The van der Waals surface area contributed by atoms with Crippen molar-refractivity contribution in [1.29, 1.82) is 0 Å². The van der Waals surface area contributed by atoms with Crippen molar-refractivity contribution in [1.82, 2.24) is 4.90 Å². The van der Waals surface area contributed by atoms with Crippen molar-refractivity contribution in [3.63, 3.8) is 0 Å². The lowest BCUT2D eigenvalue weighted by Gasteiger charge is -2.19. The maximum Gasteiger partial charge on any atom is 0.0575 e. The fourth-order valence-corrected chi connectivity index (χ4v) is 5.92. The first-order chi connectivity index (χ1) is 22.1. The van der Waals surface area contributed by atoms with E-state index < -0.39 is 0 Å². The molecule has 264 valence electrons. The lowest BCUT2D eigenvalue weighted by molar-refractivity contribution is 0.0342. The molecule has 2 heteroatoms. The van der Waals surface area contributed by atoms with Crippen LogP contribution in [0.15, 0.2) is 48.6 Å². The SMILES string of the molecule is C=C(CCC=CCCCCCCCCC(CCCCCCCCC=CCC=CCCCCC)OCCCN(C)C)CCCCC. The predicted octanol–water partition coefficient (Wildman–Crippen LogP) is 14.1. The van der Waals surface area contributed by atoms with Gasteiger partial charge in [-0.3, -0.25) is 0 Å². The van der Waals surface area contributed by atoms with E-state index in [1.165, 1.54) is 173 Å². The van der Waals surface area contributed by atoms with E-state index >= 15 is 0 Å². The van der Waals surface area contributed by atoms with Crippen LogP contribution in [0.3, 0.4) is 0 Å². The van der Waals surface area contributed by atoms with E-state index in [0.29, 0.717) is 6.10 Å². The summed E-state index contributed by atoms with van der Waals surface area (Å²) in [6, 6.07) is 0. The Labute approximate surface area is 284 Å². The fourth-order valence-electron chi connectivity index (χ4n) is 5.92. The molecule has 2 nitrogen and oxygen atoms in total. The molecule has 0 bridgehead atoms. The van der Waals surface area contributed by atoms with Gasteiger partial charge in [0.15, 0.2) is 0 Å². The van der Waals surface area contributed by atoms with Crippen LogP contribution in [0.5, 0.6) is 0 Å². The van der Waals surface area contributed by atoms with Crippen LogP contribution in [-0.4, -0.2) is 38.3 Å². The maximum absolute atomic E-state index is 6.40. The van der Waals surface area contributed by atoms with Crippen LogP contribution >= 0.6 is 0 Å². The van der Waals surface area contributed by atoms with Gasteiger partial charge in [0.2, 0.25) is 0 Å². The van der Waals surface area contributed by atoms with Crippen LogP contribution in [0.4, 0.5) is 0 Å². The fraction of sp³-hybridized carbons (Fsp3) is 0.814. The van der Waals surface area contributed by atoms with Crippen molar-refractivity contribution >= 4 is 0 Å². The average Bonchev–Trinajstić information content (AvgIpc) is 3.02. The quantitative estimate of drug-likeness (QED) is 0.0506. The minimum absolute atomic E-state index is 0.478. The molecular weight excluding hydrogens is 546 g/mol. The summed E-state index contributed by atoms with van der Waals surface area (Å²) in [5.41, 5.74) is 1.44. The topological polar surface area (TPSA) is 12.5 Å². The zero-order valence-electron chi connectivity index (χ0n) is 31.3. The van der Waals surface area contributed by atoms with Gasteiger partial charge < -0.3 is 9.64 Å². The van der Waals surface area contributed by atoms with Crippen LogP contribution < -0.4 is 0 Å². The Bertz CT molecular complexity index is 675. The van der Waals surface area contributed by atoms with Gasteiger partial charge in [-0.05, 0) is 111 Å². The largest absolute Gasteiger partial charge is 0.378 e. The van der Waals surface area contributed by atoms with Gasteiger partial charge in [-0.1, -0.05) is 152 Å². The van der Waals surface area contributed by atoms with Crippen molar-refractivity contribution in [2.24, 2.45) is 0 Å². The highest BCUT2D eigenvalue weighted by atomic mass is 16.5. The Morgan fingerprint density at radius 2 is 1.00 bits per heavy atom. The van der Waals surface area contributed by atoms with Crippen LogP contribution in [0.1, 0.15) is 194 Å². The van der Waals surface area contributed by atoms with Gasteiger partial charge in [-0.25, -0.2) is 0 Å². The molecule has 1 unspecified atom stereocenters. The summed E-state index contributed by atoms with van der Waals surface area (Å²) in [6.07, 6.45) is 51.2. The summed E-state index contributed by atoms with van der Waals surface area (Å²) in [5.74, 6) is 0. The van der Waals surface area contributed by atoms with Crippen LogP contribution in [-0.2, 0) is 4.74 Å². The van der Waals surface area contributed by atoms with Gasteiger partial charge in [-0.2, -0.15) is 0 Å². The maximum atomic E-state index is 6.40. The molecule has 45 heavy (non-hydrogen) atoms. The first-order valence-corrected chi connectivity index (χ1v) is 20.0. The third kappa shape index (κ3) is 37.2. The van der Waals surface area contributed by atoms with Gasteiger partial charge in [0.05, 0.1) is 6.10 Å². The molecule has 1 atom stereocenters. The molecule has 0 aliphatic rings. The standard InChI is InChI=1S/C43H81NO/c1-6-8-10-11-12-13-14-15-16-17-18-19-23-26-29-33-38-43(45-41-35-40-44(4)5)39-34-30-27-24-21-20-22-25-28-32-37-42(3)36-31-9-7-2/h12-13,15-16,25,28,43H,3,6-11,14,17-24,26-27,29-41H2,1-2,4-5H3. The second kappa shape index (κ2) is 37.3. The Balaban J connectivity index is 3.85. The number of nitrogens with zero attached hydrogens (tertiary/aromatic N) is 1. The molecule has 0 radical (unpaired) electrons. The molecule has 0 rings (SSSR count). The molecule has 0 aliphatic heterocycles. The monoisotopic (exact) mass is 628 g/mol. The average molecular weight is 628 g/mol. The Morgan fingerprint density at radius 3 is 1.56 bits per heavy atom. The number of hydrogen-bond acceptors (Lipinski definition) is 2. The van der Waals surface area contributed by atoms with Gasteiger partial charge in [-0.15, -0.1) is 0 Å². The van der Waals surface area contributed by atoms with Crippen molar-refractivity contribution in [2.45, 2.75) is 200 Å². The van der Waals surface area contributed by atoms with Gasteiger partial charge in [0, 0.05) is 6.61 Å². The van der Waals surface area contributed by atoms with Crippen LogP contribution in [0.2, 0.25) is 0 Å². The van der Waals surface area contributed by atoms with E-state index in [1.807, 2.05) is 0 Å². The summed E-state index contributed by atoms with van der Waals surface area (Å²) in [5, 5.41) is 0. The second-order valence-corrected chi connectivity index (χ2v) is 13.9. The molecule has 0 saturated carbocycles. The van der Waals surface area contributed by atoms with E-state index in [-0.39, 0.29) is 0 Å². The molecule has 0 heterocycles. The molecular formula is C43H81NO. The van der Waals surface area contributed by atoms with E-state index in [1.54, 1.807) is 0 Å². The highest BCUT2D eigenvalue weighted by Crippen LogP contribution is 2.18. The second-order valence-electron chi connectivity index (χ2n) is 13.9. The summed E-state index contributed by atoms with van der Waals surface area (Å²) in [4.78, 5) is 2.27. The molecule has 0 saturated heterocycles. The zero-order chi connectivity index (χ0) is 32.9. The summed E-state index contributed by atoms with van der Waals surface area (Å²) in [6.45, 7) is 10.8. The number of hydrogen-bond donors (Lipinski definition) is 0. The summed E-state index contributed by atoms with van der Waals surface area (Å²) >= 11 is 0. The first-order valence-electron chi connectivity index (χ1n) is 20.0. The number of unbranched alkanes of at least 4 members (excludes halogenated alkanes) is 17. The molecule has 0 aliphatic carbocycles. The highest BCUT2D eigenvalue weighted by molar-refractivity contribution is 4.97. The summed E-state index contributed by atoms with van der Waals surface area (Å²) < 4.78 is 6.40. The Hall–Kier alpha value is -1.12. The predicted molar refractivity (Wildman–Crippen MR) is 205 cm³/mol. The smallest absolute Gasteiger partial charge is 0.0575 e. The van der Waals surface area contributed by atoms with Gasteiger partial charge in [0.1, 0.15) is 0 Å². The van der Waals surface area contributed by atoms with Gasteiger partial charge >= 0.3 is 0 Å². The molecule has 0 N–H and O–H groups in total. The lowest BCUT2D eigenvalue weighted by Crippen LogP contribution is -2.18. The lowest BCUT2D eigenvalue weighted by atomic mass is 10.0. The minimum Gasteiger partial charge on any atom is -0.378 e. The van der Waals surface area contributed by atoms with E-state index in [0.717, 1.165) is 26.0 Å². The van der Waals surface area contributed by atoms with Crippen molar-refractivity contribution < 1.29 is 4.74 Å². The van der Waals surface area contributed by atoms with Gasteiger partial charge in [0.25, 0.3) is 0 Å². The van der Waals surface area contributed by atoms with E-state index in [4.69, 9.17) is 4.74 Å². The van der Waals surface area contributed by atoms with E-state index in [2.05, 4.69) is 75.9 Å². The summed E-state index contributed by atoms with van der Waals surface area (Å²) in [7, 11) is 4.32. The number of allylic oxidation sites excluding steroid dienone is 7.